The number of carbonyl (C=O) groups excluding carboxylic acids is 4. The second-order valence-corrected chi connectivity index (χ2v) is 15.2. The molecule has 0 aromatic heterocycles. The quantitative estimate of drug-likeness (QED) is 0.247. The van der Waals surface area contributed by atoms with Gasteiger partial charge in [-0.15, -0.1) is 0 Å². The molecule has 0 bridgehead atoms. The molecule has 0 radical (unpaired) electrons. The zero-order valence-electron chi connectivity index (χ0n) is 23.2. The number of amides is 4. The lowest BCUT2D eigenvalue weighted by Gasteiger charge is -2.35. The van der Waals surface area contributed by atoms with E-state index in [1.54, 1.807) is 22.0 Å². The molecule has 228 valence electrons. The van der Waals surface area contributed by atoms with Gasteiger partial charge >= 0.3 is 0 Å². The Labute approximate surface area is 291 Å². The molecule has 3 aliphatic rings. The van der Waals surface area contributed by atoms with Crippen LogP contribution in [0.3, 0.4) is 0 Å². The van der Waals surface area contributed by atoms with Crippen molar-refractivity contribution in [3.8, 4) is 0 Å². The topological polar surface area (TPSA) is 81.2 Å². The molecule has 2 aromatic rings. The molecule has 44 heavy (non-hydrogen) atoms. The standard InChI is InChI=1S/C30H26Br2N4O4S4/c31-21-5-1-3-19(15-21)17-23-27(39)35(29(41)43-23)9-7-25(37)33-11-13-34(14-12-33)26(38)8-10-36-28(40)24(44-30(36)42)18-20-4-2-6-22(32)16-20/h1-6,15-18H,7-14H2/b23-17-,24-18+. The zero-order chi connectivity index (χ0) is 31.4. The van der Waals surface area contributed by atoms with E-state index in [1.165, 1.54) is 33.3 Å². The lowest BCUT2D eigenvalue weighted by Crippen LogP contribution is -2.51. The van der Waals surface area contributed by atoms with Crippen molar-refractivity contribution in [3.05, 3.63) is 78.4 Å². The Kier molecular flexibility index (Phi) is 11.1. The second kappa shape index (κ2) is 14.8. The van der Waals surface area contributed by atoms with Gasteiger partial charge in [-0.3, -0.25) is 29.0 Å². The summed E-state index contributed by atoms with van der Waals surface area (Å²) in [4.78, 5) is 59.2. The van der Waals surface area contributed by atoms with Crippen LogP contribution in [0, 0.1) is 0 Å². The molecule has 0 atom stereocenters. The lowest BCUT2D eigenvalue weighted by molar-refractivity contribution is -0.140. The van der Waals surface area contributed by atoms with Gasteiger partial charge in [0.15, 0.2) is 0 Å². The predicted octanol–water partition coefficient (Wildman–Crippen LogP) is 5.77. The summed E-state index contributed by atoms with van der Waals surface area (Å²) < 4.78 is 2.70. The van der Waals surface area contributed by atoms with Crippen molar-refractivity contribution in [1.29, 1.82) is 0 Å². The van der Waals surface area contributed by atoms with Gasteiger partial charge in [0, 0.05) is 61.1 Å². The number of nitrogens with zero attached hydrogens (tertiary/aromatic N) is 4. The summed E-state index contributed by atoms with van der Waals surface area (Å²) in [5.41, 5.74) is 1.77. The highest BCUT2D eigenvalue weighted by atomic mass is 79.9. The van der Waals surface area contributed by atoms with Crippen LogP contribution < -0.4 is 0 Å². The van der Waals surface area contributed by atoms with E-state index in [0.717, 1.165) is 20.1 Å². The summed E-state index contributed by atoms with van der Waals surface area (Å²) in [6.45, 7) is 2.03. The Morgan fingerprint density at radius 2 is 1.09 bits per heavy atom. The Morgan fingerprint density at radius 1 is 0.705 bits per heavy atom. The van der Waals surface area contributed by atoms with E-state index in [4.69, 9.17) is 24.4 Å². The van der Waals surface area contributed by atoms with Crippen LogP contribution in [0.25, 0.3) is 12.2 Å². The number of benzene rings is 2. The molecule has 0 saturated carbocycles. The molecule has 0 unspecified atom stereocenters. The monoisotopic (exact) mass is 792 g/mol. The molecule has 4 amide bonds. The lowest BCUT2D eigenvalue weighted by atomic mass is 10.2. The van der Waals surface area contributed by atoms with Crippen LogP contribution in [0.1, 0.15) is 24.0 Å². The normalized spacial score (nSPS) is 19.2. The van der Waals surface area contributed by atoms with Gasteiger partial charge in [0.05, 0.1) is 9.81 Å². The fourth-order valence-electron chi connectivity index (χ4n) is 4.82. The molecule has 3 saturated heterocycles. The SMILES string of the molecule is O=C(CCN1C(=O)/C(=C/c2cccc(Br)c2)SC1=S)N1CCN(C(=O)CCN2C(=O)/C(=C\c3cccc(Br)c3)SC2=S)CC1. The van der Waals surface area contributed by atoms with Gasteiger partial charge < -0.3 is 9.80 Å². The first-order valence-corrected chi connectivity index (χ1v) is 17.7. The molecule has 14 heteroatoms. The average Bonchev–Trinajstić information content (AvgIpc) is 3.41. The third kappa shape index (κ3) is 8.07. The average molecular weight is 795 g/mol. The van der Waals surface area contributed by atoms with Crippen molar-refractivity contribution in [2.24, 2.45) is 0 Å². The first kappa shape index (κ1) is 33.0. The van der Waals surface area contributed by atoms with Gasteiger partial charge in [0.2, 0.25) is 11.8 Å². The Hall–Kier alpha value is -2.36. The molecule has 2 aromatic carbocycles. The maximum atomic E-state index is 13.0. The molecular weight excluding hydrogens is 768 g/mol. The van der Waals surface area contributed by atoms with Gasteiger partial charge in [-0.1, -0.05) is 104 Å². The van der Waals surface area contributed by atoms with E-state index in [-0.39, 0.29) is 49.6 Å². The van der Waals surface area contributed by atoms with Crippen molar-refractivity contribution >= 4 is 124 Å². The number of halogens is 2. The number of thioether (sulfide) groups is 2. The van der Waals surface area contributed by atoms with Crippen molar-refractivity contribution in [2.45, 2.75) is 12.8 Å². The van der Waals surface area contributed by atoms with Crippen molar-refractivity contribution in [2.75, 3.05) is 39.3 Å². The minimum Gasteiger partial charge on any atom is -0.339 e. The fraction of sp³-hybridized carbons (Fsp3) is 0.267. The van der Waals surface area contributed by atoms with Gasteiger partial charge in [-0.05, 0) is 47.5 Å². The van der Waals surface area contributed by atoms with E-state index < -0.39 is 0 Å². The molecule has 3 fully saturated rings. The molecule has 0 aliphatic carbocycles. The molecule has 0 spiro atoms. The minimum absolute atomic E-state index is 0.0862. The summed E-state index contributed by atoms with van der Waals surface area (Å²) in [6.07, 6.45) is 3.89. The van der Waals surface area contributed by atoms with Crippen LogP contribution in [0.15, 0.2) is 67.3 Å². The molecule has 0 N–H and O–H groups in total. The molecule has 3 aliphatic heterocycles. The molecule has 3 heterocycles. The van der Waals surface area contributed by atoms with E-state index in [0.29, 0.717) is 44.6 Å². The molecule has 8 nitrogen and oxygen atoms in total. The third-order valence-corrected chi connectivity index (χ3v) is 10.9. The number of hydrogen-bond donors (Lipinski definition) is 0. The number of rotatable bonds is 8. The van der Waals surface area contributed by atoms with Gasteiger partial charge in [0.1, 0.15) is 8.64 Å². The van der Waals surface area contributed by atoms with Crippen LogP contribution in [-0.4, -0.2) is 91.1 Å². The summed E-state index contributed by atoms with van der Waals surface area (Å²) >= 11 is 20.2. The van der Waals surface area contributed by atoms with Crippen LogP contribution >= 0.6 is 79.8 Å². The fourth-order valence-corrected chi connectivity index (χ4v) is 8.27. The number of carbonyl (C=O) groups is 4. The number of piperazine rings is 1. The van der Waals surface area contributed by atoms with E-state index in [2.05, 4.69) is 31.9 Å². The highest BCUT2D eigenvalue weighted by molar-refractivity contribution is 9.10. The van der Waals surface area contributed by atoms with Crippen molar-refractivity contribution < 1.29 is 19.2 Å². The largest absolute Gasteiger partial charge is 0.339 e. The zero-order valence-corrected chi connectivity index (χ0v) is 29.7. The summed E-state index contributed by atoms with van der Waals surface area (Å²) in [5.74, 6) is -0.574. The van der Waals surface area contributed by atoms with Crippen LogP contribution in [0.2, 0.25) is 0 Å². The number of thiocarbonyl (C=S) groups is 2. The highest BCUT2D eigenvalue weighted by Gasteiger charge is 2.34. The third-order valence-electron chi connectivity index (χ3n) is 7.12. The Morgan fingerprint density at radius 3 is 1.45 bits per heavy atom. The smallest absolute Gasteiger partial charge is 0.266 e. The second-order valence-electron chi connectivity index (χ2n) is 10.0. The molecule has 5 rings (SSSR count). The minimum atomic E-state index is -0.201. The Bertz CT molecular complexity index is 1490. The van der Waals surface area contributed by atoms with E-state index >= 15 is 0 Å². The van der Waals surface area contributed by atoms with Gasteiger partial charge in [0.25, 0.3) is 11.8 Å². The van der Waals surface area contributed by atoms with Crippen LogP contribution in [0.5, 0.6) is 0 Å². The predicted molar refractivity (Wildman–Crippen MR) is 190 cm³/mol. The van der Waals surface area contributed by atoms with Crippen LogP contribution in [-0.2, 0) is 19.2 Å². The van der Waals surface area contributed by atoms with Gasteiger partial charge in [-0.25, -0.2) is 0 Å². The van der Waals surface area contributed by atoms with Crippen molar-refractivity contribution in [3.63, 3.8) is 0 Å². The summed E-state index contributed by atoms with van der Waals surface area (Å²) in [5, 5.41) is 0. The maximum Gasteiger partial charge on any atom is 0.266 e. The summed E-state index contributed by atoms with van der Waals surface area (Å²) in [7, 11) is 0. The Balaban J connectivity index is 1.06. The number of hydrogen-bond acceptors (Lipinski definition) is 8. The van der Waals surface area contributed by atoms with E-state index in [9.17, 15) is 19.2 Å². The highest BCUT2D eigenvalue weighted by Crippen LogP contribution is 2.34. The van der Waals surface area contributed by atoms with E-state index in [1.807, 2.05) is 48.5 Å². The van der Waals surface area contributed by atoms with Gasteiger partial charge in [-0.2, -0.15) is 0 Å². The molecular formula is C30H26Br2N4O4S4. The first-order chi connectivity index (χ1) is 21.1. The van der Waals surface area contributed by atoms with Crippen LogP contribution in [0.4, 0.5) is 0 Å². The van der Waals surface area contributed by atoms with Crippen molar-refractivity contribution in [1.82, 2.24) is 19.6 Å². The first-order valence-electron chi connectivity index (χ1n) is 13.7. The summed E-state index contributed by atoms with van der Waals surface area (Å²) in [6, 6.07) is 15.3. The maximum absolute atomic E-state index is 13.0.